The molecule has 2 aromatic carbocycles. The molecule has 0 saturated carbocycles. The number of carbonyl (C=O) groups is 1. The molecule has 0 aliphatic rings. The summed E-state index contributed by atoms with van der Waals surface area (Å²) in [4.78, 5) is 24.8. The van der Waals surface area contributed by atoms with Crippen molar-refractivity contribution in [1.29, 1.82) is 0 Å². The molecule has 0 atom stereocenters. The lowest BCUT2D eigenvalue weighted by Crippen LogP contribution is -2.35. The number of ether oxygens (including phenoxy) is 1. The molecule has 2 heterocycles. The van der Waals surface area contributed by atoms with Crippen molar-refractivity contribution in [2.45, 2.75) is 13.3 Å². The van der Waals surface area contributed by atoms with Crippen LogP contribution in [0.15, 0.2) is 71.8 Å². The monoisotopic (exact) mass is 561 g/mol. The Labute approximate surface area is 220 Å². The number of aryl methyl sites for hydroxylation is 1. The van der Waals surface area contributed by atoms with Gasteiger partial charge >= 0.3 is 5.97 Å². The Morgan fingerprint density at radius 3 is 2.16 bits per heavy atom. The first-order valence-corrected chi connectivity index (χ1v) is 14.9. The molecular weight excluding hydrogens is 534 g/mol. The van der Waals surface area contributed by atoms with E-state index in [1.165, 1.54) is 22.8 Å². The third-order valence-electron chi connectivity index (χ3n) is 5.23. The summed E-state index contributed by atoms with van der Waals surface area (Å²) < 4.78 is 57.2. The molecule has 0 saturated heterocycles. The van der Waals surface area contributed by atoms with Gasteiger partial charge in [0.05, 0.1) is 18.2 Å². The number of aromatic amines is 1. The summed E-state index contributed by atoms with van der Waals surface area (Å²) in [6.45, 7) is 1.60. The highest BCUT2D eigenvalue weighted by Gasteiger charge is 2.28. The molecule has 4 rings (SSSR count). The van der Waals surface area contributed by atoms with Crippen molar-refractivity contribution in [2.75, 3.05) is 16.2 Å². The van der Waals surface area contributed by atoms with E-state index in [9.17, 15) is 26.4 Å². The second-order valence-electron chi connectivity index (χ2n) is 8.29. The van der Waals surface area contributed by atoms with Crippen LogP contribution in [0.1, 0.15) is 13.3 Å². The third kappa shape index (κ3) is 6.42. The second kappa shape index (κ2) is 11.1. The lowest BCUT2D eigenvalue weighted by molar-refractivity contribution is -0.136. The molecule has 2 N–H and O–H groups in total. The number of aromatic nitrogens is 2. The highest BCUT2D eigenvalue weighted by molar-refractivity contribution is 8.09. The number of nitrogens with one attached hydrogen (secondary N) is 1. The molecule has 0 aliphatic carbocycles. The lowest BCUT2D eigenvalue weighted by Gasteiger charge is -2.22. The van der Waals surface area contributed by atoms with Gasteiger partial charge in [-0.2, -0.15) is 3.71 Å². The summed E-state index contributed by atoms with van der Waals surface area (Å²) in [5, 5.41) is 8.30. The number of rotatable bonds is 7. The van der Waals surface area contributed by atoms with E-state index >= 15 is 0 Å². The molecular formula is C25H27N3O8S2. The largest absolute Gasteiger partial charge is 0.481 e. The number of carboxylic acid groups (broad SMARTS) is 1. The Kier molecular flexibility index (Phi) is 8.32. The molecule has 0 unspecified atom stereocenters. The van der Waals surface area contributed by atoms with Gasteiger partial charge in [-0.25, -0.2) is 16.8 Å². The Morgan fingerprint density at radius 1 is 1.00 bits per heavy atom. The van der Waals surface area contributed by atoms with Gasteiger partial charge < -0.3 is 19.4 Å². The predicted octanol–water partition coefficient (Wildman–Crippen LogP) is 3.53. The molecule has 0 radical (unpaired) electrons. The number of pyridine rings is 1. The predicted molar refractivity (Wildman–Crippen MR) is 146 cm³/mol. The van der Waals surface area contributed by atoms with Crippen molar-refractivity contribution in [3.8, 4) is 22.6 Å². The highest BCUT2D eigenvalue weighted by Crippen LogP contribution is 2.39. The number of carboxylic acids is 1. The first-order valence-electron chi connectivity index (χ1n) is 11.2. The van der Waals surface area contributed by atoms with Crippen molar-refractivity contribution in [2.24, 2.45) is 7.05 Å². The number of benzene rings is 2. The van der Waals surface area contributed by atoms with Gasteiger partial charge in [0, 0.05) is 42.4 Å². The van der Waals surface area contributed by atoms with E-state index in [1.54, 1.807) is 56.7 Å². The number of sulfonamides is 2. The van der Waals surface area contributed by atoms with Crippen LogP contribution in [0.5, 0.6) is 11.5 Å². The smallest absolute Gasteiger partial charge is 0.303 e. The minimum absolute atomic E-state index is 0.0760. The van der Waals surface area contributed by atoms with Gasteiger partial charge in [0.1, 0.15) is 17.0 Å². The molecule has 0 aliphatic heterocycles. The zero-order valence-corrected chi connectivity index (χ0v) is 22.7. The SMILES string of the molecule is CCC(=O)O.Cn1cc(-c2cc(N(S(C)(=O)=O)S(C)(=O)=O)ccc2Oc2ccccc2)c2cc[nH]c2c1=O. The van der Waals surface area contributed by atoms with Crippen LogP contribution in [0, 0.1) is 0 Å². The van der Waals surface area contributed by atoms with E-state index in [2.05, 4.69) is 4.98 Å². The van der Waals surface area contributed by atoms with Crippen LogP contribution >= 0.6 is 0 Å². The quantitative estimate of drug-likeness (QED) is 0.347. The lowest BCUT2D eigenvalue weighted by atomic mass is 10.0. The fourth-order valence-electron chi connectivity index (χ4n) is 3.66. The first kappa shape index (κ1) is 28.5. The molecule has 38 heavy (non-hydrogen) atoms. The number of anilines is 1. The van der Waals surface area contributed by atoms with E-state index in [0.717, 1.165) is 12.5 Å². The molecule has 4 aromatic rings. The number of fused-ring (bicyclic) bond motifs is 1. The minimum Gasteiger partial charge on any atom is -0.481 e. The summed E-state index contributed by atoms with van der Waals surface area (Å²) in [6.07, 6.45) is 5.08. The van der Waals surface area contributed by atoms with Crippen LogP contribution < -0.4 is 14.0 Å². The number of H-pyrrole nitrogens is 1. The van der Waals surface area contributed by atoms with E-state index in [0.29, 0.717) is 37.2 Å². The zero-order chi connectivity index (χ0) is 28.3. The van der Waals surface area contributed by atoms with Crippen LogP contribution in [0.2, 0.25) is 0 Å². The number of nitrogens with zero attached hydrogens (tertiary/aromatic N) is 2. The van der Waals surface area contributed by atoms with Crippen molar-refractivity contribution in [3.05, 3.63) is 77.3 Å². The molecule has 13 heteroatoms. The third-order valence-corrected chi connectivity index (χ3v) is 8.49. The maximum atomic E-state index is 12.5. The molecule has 0 fully saturated rings. The highest BCUT2D eigenvalue weighted by atomic mass is 32.3. The van der Waals surface area contributed by atoms with Crippen LogP contribution in [-0.4, -0.2) is 50.0 Å². The molecule has 202 valence electrons. The molecule has 0 bridgehead atoms. The van der Waals surface area contributed by atoms with Crippen LogP contribution in [0.3, 0.4) is 0 Å². The van der Waals surface area contributed by atoms with E-state index in [-0.39, 0.29) is 17.7 Å². The number of hydrogen-bond donors (Lipinski definition) is 2. The number of hydrogen-bond acceptors (Lipinski definition) is 7. The first-order chi connectivity index (χ1) is 17.7. The zero-order valence-electron chi connectivity index (χ0n) is 21.1. The summed E-state index contributed by atoms with van der Waals surface area (Å²) in [6, 6.07) is 15.0. The van der Waals surface area contributed by atoms with Crippen LogP contribution in [0.4, 0.5) is 5.69 Å². The fraction of sp³-hybridized carbons (Fsp3) is 0.200. The summed E-state index contributed by atoms with van der Waals surface area (Å²) in [5.41, 5.74) is 1.01. The summed E-state index contributed by atoms with van der Waals surface area (Å²) in [5.74, 6) is 0.141. The maximum Gasteiger partial charge on any atom is 0.303 e. The maximum absolute atomic E-state index is 12.5. The molecule has 11 nitrogen and oxygen atoms in total. The van der Waals surface area contributed by atoms with Gasteiger partial charge in [-0.1, -0.05) is 25.1 Å². The van der Waals surface area contributed by atoms with Gasteiger partial charge in [0.15, 0.2) is 0 Å². The van der Waals surface area contributed by atoms with Crippen molar-refractivity contribution >= 4 is 42.6 Å². The van der Waals surface area contributed by atoms with Crippen LogP contribution in [-0.2, 0) is 31.9 Å². The van der Waals surface area contributed by atoms with Crippen molar-refractivity contribution in [3.63, 3.8) is 0 Å². The van der Waals surface area contributed by atoms with Gasteiger partial charge in [-0.3, -0.25) is 9.59 Å². The Balaban J connectivity index is 0.000000732. The Morgan fingerprint density at radius 2 is 1.61 bits per heavy atom. The Hall–Kier alpha value is -4.10. The van der Waals surface area contributed by atoms with Crippen molar-refractivity contribution < 1.29 is 31.5 Å². The van der Waals surface area contributed by atoms with Gasteiger partial charge in [-0.05, 0) is 36.4 Å². The molecule has 2 aromatic heterocycles. The second-order valence-corrected chi connectivity index (χ2v) is 12.2. The van der Waals surface area contributed by atoms with Crippen LogP contribution in [0.25, 0.3) is 22.0 Å². The van der Waals surface area contributed by atoms with Crippen molar-refractivity contribution in [1.82, 2.24) is 9.55 Å². The van der Waals surface area contributed by atoms with E-state index in [1.807, 2.05) is 6.07 Å². The summed E-state index contributed by atoms with van der Waals surface area (Å²) in [7, 11) is -6.71. The number of para-hydroxylation sites is 1. The fourth-order valence-corrected chi connectivity index (χ4v) is 6.62. The normalized spacial score (nSPS) is 11.5. The number of aliphatic carboxylic acids is 1. The molecule has 0 spiro atoms. The van der Waals surface area contributed by atoms with E-state index in [4.69, 9.17) is 9.84 Å². The molecule has 0 amide bonds. The average molecular weight is 562 g/mol. The van der Waals surface area contributed by atoms with Gasteiger partial charge in [-0.15, -0.1) is 0 Å². The topological polar surface area (TPSA) is 156 Å². The summed E-state index contributed by atoms with van der Waals surface area (Å²) >= 11 is 0. The standard InChI is InChI=1S/C22H21N3O6S2.C3H6O2/c1-24-14-19(17-11-12-23-21(17)22(24)26)18-13-15(25(32(2,27)28)33(3,29)30)9-10-20(18)31-16-7-5-4-6-8-16;1-2-3(4)5/h4-14,23H,1-3H3;2H2,1H3,(H,4,5). The minimum atomic E-state index is -4.15. The van der Waals surface area contributed by atoms with Gasteiger partial charge in [0.2, 0.25) is 20.0 Å². The van der Waals surface area contributed by atoms with E-state index < -0.39 is 26.0 Å². The Bertz CT molecular complexity index is 1710. The average Bonchev–Trinajstić information content (AvgIpc) is 3.32. The van der Waals surface area contributed by atoms with Gasteiger partial charge in [0.25, 0.3) is 5.56 Å².